The van der Waals surface area contributed by atoms with Crippen molar-refractivity contribution in [2.75, 3.05) is 25.2 Å². The lowest BCUT2D eigenvalue weighted by Gasteiger charge is -2.24. The number of ether oxygens (including phenoxy) is 1. The van der Waals surface area contributed by atoms with Crippen LogP contribution in [0, 0.1) is 0 Å². The molecule has 1 aromatic carbocycles. The van der Waals surface area contributed by atoms with Crippen LogP contribution in [-0.2, 0) is 17.7 Å². The van der Waals surface area contributed by atoms with E-state index in [4.69, 9.17) is 9.15 Å². The molecular formula is C18H22N2O3. The first-order valence-corrected chi connectivity index (χ1v) is 7.88. The third-order valence-corrected chi connectivity index (χ3v) is 4.24. The van der Waals surface area contributed by atoms with Gasteiger partial charge in [-0.3, -0.25) is 4.79 Å². The molecule has 0 unspecified atom stereocenters. The fourth-order valence-corrected chi connectivity index (χ4v) is 3.05. The molecule has 2 heterocycles. The van der Waals surface area contributed by atoms with Crippen molar-refractivity contribution in [1.82, 2.24) is 5.32 Å². The first kappa shape index (κ1) is 15.6. The van der Waals surface area contributed by atoms with Crippen molar-refractivity contribution in [3.63, 3.8) is 0 Å². The molecule has 23 heavy (non-hydrogen) atoms. The number of fused-ring (bicyclic) bond motifs is 1. The smallest absolute Gasteiger partial charge is 0.254 e. The normalized spacial score (nSPS) is 16.4. The average molecular weight is 314 g/mol. The Balaban J connectivity index is 1.74. The van der Waals surface area contributed by atoms with E-state index in [1.807, 2.05) is 6.07 Å². The van der Waals surface area contributed by atoms with E-state index >= 15 is 0 Å². The molecular weight excluding hydrogens is 292 g/mol. The molecule has 3 rings (SSSR count). The summed E-state index contributed by atoms with van der Waals surface area (Å²) in [7, 11) is 1.61. The summed E-state index contributed by atoms with van der Waals surface area (Å²) in [6.07, 6.45) is 2.60. The number of amides is 1. The lowest BCUT2D eigenvalue weighted by Crippen LogP contribution is -2.31. The lowest BCUT2D eigenvalue weighted by atomic mass is 10.1. The highest BCUT2D eigenvalue weighted by atomic mass is 16.5. The molecule has 1 aromatic heterocycles. The highest BCUT2D eigenvalue weighted by molar-refractivity contribution is 5.95. The van der Waals surface area contributed by atoms with Crippen LogP contribution in [-0.4, -0.2) is 32.2 Å². The Morgan fingerprint density at radius 3 is 3.04 bits per heavy atom. The van der Waals surface area contributed by atoms with Gasteiger partial charge in [0, 0.05) is 25.4 Å². The van der Waals surface area contributed by atoms with Crippen LogP contribution in [0.5, 0.6) is 0 Å². The van der Waals surface area contributed by atoms with Gasteiger partial charge in [-0.1, -0.05) is 18.2 Å². The minimum Gasteiger partial charge on any atom is -0.467 e. The standard InChI is InChI=1S/C18H22N2O3/c1-13-11-14-5-3-4-6-16(14)20(13)12-17-15(7-9-23-17)18(21)19-8-10-22-2/h3-7,9,13H,8,10-12H2,1-2H3,(H,19,21)/t13-/m1/s1. The molecule has 5 nitrogen and oxygen atoms in total. The van der Waals surface area contributed by atoms with E-state index in [-0.39, 0.29) is 5.91 Å². The number of hydrogen-bond acceptors (Lipinski definition) is 4. The fraction of sp³-hybridized carbons (Fsp3) is 0.389. The Labute approximate surface area is 136 Å². The van der Waals surface area contributed by atoms with Gasteiger partial charge < -0.3 is 19.4 Å². The molecule has 122 valence electrons. The van der Waals surface area contributed by atoms with Crippen molar-refractivity contribution in [2.24, 2.45) is 0 Å². The molecule has 1 amide bonds. The third kappa shape index (κ3) is 3.24. The van der Waals surface area contributed by atoms with Crippen LogP contribution in [0.25, 0.3) is 0 Å². The number of rotatable bonds is 6. The summed E-state index contributed by atoms with van der Waals surface area (Å²) in [4.78, 5) is 14.5. The minimum absolute atomic E-state index is 0.120. The van der Waals surface area contributed by atoms with E-state index in [0.29, 0.717) is 37.1 Å². The molecule has 0 fully saturated rings. The summed E-state index contributed by atoms with van der Waals surface area (Å²) < 4.78 is 10.5. The van der Waals surface area contributed by atoms with Crippen LogP contribution in [0.1, 0.15) is 28.6 Å². The quantitative estimate of drug-likeness (QED) is 0.833. The van der Waals surface area contributed by atoms with E-state index in [1.54, 1.807) is 19.4 Å². The van der Waals surface area contributed by atoms with Crippen LogP contribution in [0.2, 0.25) is 0 Å². The lowest BCUT2D eigenvalue weighted by molar-refractivity contribution is 0.0935. The summed E-state index contributed by atoms with van der Waals surface area (Å²) in [5.41, 5.74) is 3.16. The Kier molecular flexibility index (Phi) is 4.67. The van der Waals surface area contributed by atoms with Crippen molar-refractivity contribution in [3.05, 3.63) is 53.5 Å². The first-order valence-electron chi connectivity index (χ1n) is 7.88. The van der Waals surface area contributed by atoms with Gasteiger partial charge in [0.2, 0.25) is 0 Å². The van der Waals surface area contributed by atoms with Gasteiger partial charge in [-0.2, -0.15) is 0 Å². The number of methoxy groups -OCH3 is 1. The van der Waals surface area contributed by atoms with Crippen LogP contribution < -0.4 is 10.2 Å². The van der Waals surface area contributed by atoms with Gasteiger partial charge in [0.25, 0.3) is 5.91 Å². The molecule has 0 aliphatic carbocycles. The number of nitrogens with one attached hydrogen (secondary N) is 1. The molecule has 2 aromatic rings. The summed E-state index contributed by atoms with van der Waals surface area (Å²) >= 11 is 0. The van der Waals surface area contributed by atoms with Crippen molar-refractivity contribution in [2.45, 2.75) is 25.9 Å². The zero-order chi connectivity index (χ0) is 16.2. The second-order valence-corrected chi connectivity index (χ2v) is 5.82. The van der Waals surface area contributed by atoms with E-state index in [9.17, 15) is 4.79 Å². The number of anilines is 1. The van der Waals surface area contributed by atoms with E-state index in [1.165, 1.54) is 11.3 Å². The Morgan fingerprint density at radius 1 is 1.39 bits per heavy atom. The minimum atomic E-state index is -0.120. The van der Waals surface area contributed by atoms with Gasteiger partial charge in [-0.15, -0.1) is 0 Å². The van der Waals surface area contributed by atoms with E-state index in [0.717, 1.165) is 6.42 Å². The maximum absolute atomic E-state index is 12.3. The van der Waals surface area contributed by atoms with Gasteiger partial charge in [0.15, 0.2) is 0 Å². The Hall–Kier alpha value is -2.27. The van der Waals surface area contributed by atoms with Gasteiger partial charge in [0.1, 0.15) is 5.76 Å². The number of furan rings is 1. The number of benzene rings is 1. The maximum Gasteiger partial charge on any atom is 0.254 e. The van der Waals surface area contributed by atoms with E-state index < -0.39 is 0 Å². The molecule has 1 N–H and O–H groups in total. The van der Waals surface area contributed by atoms with Gasteiger partial charge >= 0.3 is 0 Å². The maximum atomic E-state index is 12.3. The zero-order valence-electron chi connectivity index (χ0n) is 13.5. The van der Waals surface area contributed by atoms with Gasteiger partial charge in [0.05, 0.1) is 25.0 Å². The monoisotopic (exact) mass is 314 g/mol. The predicted octanol–water partition coefficient (Wildman–Crippen LogP) is 2.61. The first-order chi connectivity index (χ1) is 11.2. The van der Waals surface area contributed by atoms with Crippen LogP contribution in [0.15, 0.2) is 41.0 Å². The molecule has 1 aliphatic heterocycles. The summed E-state index contributed by atoms with van der Waals surface area (Å²) in [5, 5.41) is 2.84. The van der Waals surface area contributed by atoms with Crippen LogP contribution >= 0.6 is 0 Å². The largest absolute Gasteiger partial charge is 0.467 e. The second kappa shape index (κ2) is 6.87. The summed E-state index contributed by atoms with van der Waals surface area (Å²) in [6.45, 7) is 3.78. The molecule has 1 atom stereocenters. The van der Waals surface area contributed by atoms with Gasteiger partial charge in [-0.05, 0) is 31.0 Å². The highest BCUT2D eigenvalue weighted by Crippen LogP contribution is 2.33. The molecule has 0 spiro atoms. The topological polar surface area (TPSA) is 54.7 Å². The average Bonchev–Trinajstić information content (AvgIpc) is 3.13. The molecule has 0 radical (unpaired) electrons. The van der Waals surface area contributed by atoms with Crippen molar-refractivity contribution < 1.29 is 13.9 Å². The number of carbonyl (C=O) groups excluding carboxylic acids is 1. The second-order valence-electron chi connectivity index (χ2n) is 5.82. The third-order valence-electron chi connectivity index (χ3n) is 4.24. The summed E-state index contributed by atoms with van der Waals surface area (Å²) in [5.74, 6) is 0.578. The molecule has 5 heteroatoms. The Bertz CT molecular complexity index is 680. The fourth-order valence-electron chi connectivity index (χ4n) is 3.05. The van der Waals surface area contributed by atoms with Crippen LogP contribution in [0.3, 0.4) is 0 Å². The van der Waals surface area contributed by atoms with Gasteiger partial charge in [-0.25, -0.2) is 0 Å². The Morgan fingerprint density at radius 2 is 2.22 bits per heavy atom. The number of hydrogen-bond donors (Lipinski definition) is 1. The van der Waals surface area contributed by atoms with Crippen molar-refractivity contribution in [1.29, 1.82) is 0 Å². The molecule has 0 saturated heterocycles. The van der Waals surface area contributed by atoms with Crippen LogP contribution in [0.4, 0.5) is 5.69 Å². The number of carbonyl (C=O) groups is 1. The SMILES string of the molecule is COCCNC(=O)c1ccoc1CN1c2ccccc2C[C@H]1C. The van der Waals surface area contributed by atoms with Crippen molar-refractivity contribution in [3.8, 4) is 0 Å². The van der Waals surface area contributed by atoms with E-state index in [2.05, 4.69) is 35.3 Å². The summed E-state index contributed by atoms with van der Waals surface area (Å²) in [6, 6.07) is 10.5. The van der Waals surface area contributed by atoms with Crippen molar-refractivity contribution >= 4 is 11.6 Å². The predicted molar refractivity (Wildman–Crippen MR) is 88.7 cm³/mol. The molecule has 1 aliphatic rings. The zero-order valence-corrected chi connectivity index (χ0v) is 13.5. The molecule has 0 saturated carbocycles. The molecule has 0 bridgehead atoms. The number of nitrogens with zero attached hydrogens (tertiary/aromatic N) is 1. The number of para-hydroxylation sites is 1. The highest BCUT2D eigenvalue weighted by Gasteiger charge is 2.27.